The summed E-state index contributed by atoms with van der Waals surface area (Å²) >= 11 is 1.07. The van der Waals surface area contributed by atoms with Gasteiger partial charge in [0, 0.05) is 5.39 Å². The molecule has 0 radical (unpaired) electrons. The molecule has 0 saturated carbocycles. The molecule has 110 valence electrons. The molecule has 0 atom stereocenters. The van der Waals surface area contributed by atoms with Gasteiger partial charge in [0.05, 0.1) is 11.4 Å². The second-order valence-electron chi connectivity index (χ2n) is 4.57. The van der Waals surface area contributed by atoms with Crippen molar-refractivity contribution in [1.29, 1.82) is 0 Å². The number of rotatable bonds is 3. The van der Waals surface area contributed by atoms with Gasteiger partial charge in [0.2, 0.25) is 0 Å². The van der Waals surface area contributed by atoms with E-state index < -0.39 is 12.0 Å². The van der Waals surface area contributed by atoms with Crippen molar-refractivity contribution in [3.8, 4) is 0 Å². The summed E-state index contributed by atoms with van der Waals surface area (Å²) in [4.78, 5) is 23.2. The Kier molecular flexibility index (Phi) is 3.76. The number of carboxylic acid groups (broad SMARTS) is 1. The Morgan fingerprint density at radius 3 is 2.45 bits per heavy atom. The number of carbonyl (C=O) groups is 2. The quantitative estimate of drug-likeness (QED) is 0.676. The van der Waals surface area contributed by atoms with E-state index in [2.05, 4.69) is 10.6 Å². The van der Waals surface area contributed by atoms with Crippen LogP contribution in [-0.4, -0.2) is 17.1 Å². The van der Waals surface area contributed by atoms with Gasteiger partial charge in [0.15, 0.2) is 0 Å². The topological polar surface area (TPSA) is 78.4 Å². The molecule has 3 rings (SSSR count). The predicted molar refractivity (Wildman–Crippen MR) is 87.9 cm³/mol. The van der Waals surface area contributed by atoms with Crippen LogP contribution in [0.25, 0.3) is 10.8 Å². The van der Waals surface area contributed by atoms with Gasteiger partial charge >= 0.3 is 12.0 Å². The second kappa shape index (κ2) is 5.87. The number of urea groups is 1. The fourth-order valence-electron chi connectivity index (χ4n) is 2.18. The molecule has 0 fully saturated rings. The Balaban J connectivity index is 1.82. The standard InChI is InChI=1S/C16H12N2O3S/c19-15(20)14-13(8-9-22-14)18-16(21)17-12-7-3-5-10-4-1-2-6-11(10)12/h1-9H,(H,19,20)(H2,17,18,21). The van der Waals surface area contributed by atoms with Gasteiger partial charge in [-0.2, -0.15) is 0 Å². The first kappa shape index (κ1) is 14.1. The number of carboxylic acids is 1. The van der Waals surface area contributed by atoms with Crippen LogP contribution >= 0.6 is 11.3 Å². The summed E-state index contributed by atoms with van der Waals surface area (Å²) < 4.78 is 0. The summed E-state index contributed by atoms with van der Waals surface area (Å²) in [6.07, 6.45) is 0. The molecule has 2 aromatic carbocycles. The molecule has 0 unspecified atom stereocenters. The third-order valence-corrected chi connectivity index (χ3v) is 4.05. The molecule has 1 heterocycles. The van der Waals surface area contributed by atoms with Crippen molar-refractivity contribution in [3.63, 3.8) is 0 Å². The minimum atomic E-state index is -1.06. The molecule has 1 aromatic heterocycles. The zero-order valence-corrected chi connectivity index (χ0v) is 12.2. The van der Waals surface area contributed by atoms with E-state index in [9.17, 15) is 9.59 Å². The van der Waals surface area contributed by atoms with Crippen LogP contribution < -0.4 is 10.6 Å². The highest BCUT2D eigenvalue weighted by molar-refractivity contribution is 7.12. The molecule has 0 saturated heterocycles. The molecule has 3 N–H and O–H groups in total. The summed E-state index contributed by atoms with van der Waals surface area (Å²) in [5.41, 5.74) is 0.956. The zero-order chi connectivity index (χ0) is 15.5. The number of benzene rings is 2. The zero-order valence-electron chi connectivity index (χ0n) is 11.4. The summed E-state index contributed by atoms with van der Waals surface area (Å²) in [6.45, 7) is 0. The van der Waals surface area contributed by atoms with Crippen LogP contribution in [0.1, 0.15) is 9.67 Å². The number of anilines is 2. The van der Waals surface area contributed by atoms with Gasteiger partial charge in [-0.3, -0.25) is 0 Å². The largest absolute Gasteiger partial charge is 0.477 e. The maximum atomic E-state index is 12.1. The Morgan fingerprint density at radius 2 is 1.64 bits per heavy atom. The highest BCUT2D eigenvalue weighted by Gasteiger charge is 2.14. The van der Waals surface area contributed by atoms with E-state index in [1.165, 1.54) is 0 Å². The lowest BCUT2D eigenvalue weighted by atomic mass is 10.1. The Morgan fingerprint density at radius 1 is 0.909 bits per heavy atom. The van der Waals surface area contributed by atoms with E-state index >= 15 is 0 Å². The van der Waals surface area contributed by atoms with Gasteiger partial charge in [-0.15, -0.1) is 11.3 Å². The molecule has 5 nitrogen and oxygen atoms in total. The number of hydrogen-bond acceptors (Lipinski definition) is 3. The summed E-state index contributed by atoms with van der Waals surface area (Å²) in [7, 11) is 0. The number of nitrogens with one attached hydrogen (secondary N) is 2. The maximum Gasteiger partial charge on any atom is 0.348 e. The lowest BCUT2D eigenvalue weighted by Crippen LogP contribution is -2.20. The Bertz CT molecular complexity index is 852. The highest BCUT2D eigenvalue weighted by atomic mass is 32.1. The summed E-state index contributed by atoms with van der Waals surface area (Å²) in [5, 5.41) is 17.9. The number of thiophene rings is 1. The van der Waals surface area contributed by atoms with Crippen LogP contribution in [0.2, 0.25) is 0 Å². The Labute approximate surface area is 130 Å². The number of fused-ring (bicyclic) bond motifs is 1. The fraction of sp³-hybridized carbons (Fsp3) is 0. The summed E-state index contributed by atoms with van der Waals surface area (Å²) in [5.74, 6) is -1.06. The normalized spacial score (nSPS) is 10.4. The highest BCUT2D eigenvalue weighted by Crippen LogP contribution is 2.25. The van der Waals surface area contributed by atoms with E-state index in [0.29, 0.717) is 5.69 Å². The molecule has 0 aliphatic heterocycles. The molecule has 3 aromatic rings. The van der Waals surface area contributed by atoms with E-state index in [4.69, 9.17) is 5.11 Å². The first-order valence-corrected chi connectivity index (χ1v) is 7.39. The number of carbonyl (C=O) groups excluding carboxylic acids is 1. The molecule has 2 amide bonds. The van der Waals surface area contributed by atoms with E-state index in [1.807, 2.05) is 36.4 Å². The molecule has 0 bridgehead atoms. The van der Waals surface area contributed by atoms with Gasteiger partial charge in [-0.05, 0) is 22.9 Å². The minimum absolute atomic E-state index is 0.105. The lowest BCUT2D eigenvalue weighted by molar-refractivity contribution is 0.0703. The average molecular weight is 312 g/mol. The first-order valence-electron chi connectivity index (χ1n) is 6.52. The van der Waals surface area contributed by atoms with Gasteiger partial charge in [-0.1, -0.05) is 36.4 Å². The van der Waals surface area contributed by atoms with E-state index in [1.54, 1.807) is 17.5 Å². The first-order chi connectivity index (χ1) is 10.6. The van der Waals surface area contributed by atoms with Gasteiger partial charge in [0.1, 0.15) is 4.88 Å². The molecule has 0 spiro atoms. The van der Waals surface area contributed by atoms with E-state index in [-0.39, 0.29) is 10.6 Å². The smallest absolute Gasteiger partial charge is 0.348 e. The van der Waals surface area contributed by atoms with Crippen LogP contribution in [0.5, 0.6) is 0 Å². The molecule has 0 aliphatic carbocycles. The summed E-state index contributed by atoms with van der Waals surface area (Å²) in [6, 6.07) is 14.4. The molecule has 6 heteroatoms. The molecule has 22 heavy (non-hydrogen) atoms. The fourth-order valence-corrected chi connectivity index (χ4v) is 2.87. The van der Waals surface area contributed by atoms with Crippen molar-refractivity contribution in [2.24, 2.45) is 0 Å². The van der Waals surface area contributed by atoms with Crippen LogP contribution in [-0.2, 0) is 0 Å². The van der Waals surface area contributed by atoms with Crippen LogP contribution in [0.3, 0.4) is 0 Å². The van der Waals surface area contributed by atoms with Crippen LogP contribution in [0.15, 0.2) is 53.9 Å². The second-order valence-corrected chi connectivity index (χ2v) is 5.49. The van der Waals surface area contributed by atoms with E-state index in [0.717, 1.165) is 22.1 Å². The average Bonchev–Trinajstić information content (AvgIpc) is 2.96. The third-order valence-electron chi connectivity index (χ3n) is 3.15. The molecular formula is C16H12N2O3S. The van der Waals surface area contributed by atoms with Crippen LogP contribution in [0, 0.1) is 0 Å². The SMILES string of the molecule is O=C(Nc1ccsc1C(=O)O)Nc1cccc2ccccc12. The number of hydrogen-bond donors (Lipinski definition) is 3. The van der Waals surface area contributed by atoms with Crippen LogP contribution in [0.4, 0.5) is 16.2 Å². The third kappa shape index (κ3) is 2.77. The monoisotopic (exact) mass is 312 g/mol. The van der Waals surface area contributed by atoms with Gasteiger partial charge < -0.3 is 15.7 Å². The lowest BCUT2D eigenvalue weighted by Gasteiger charge is -2.10. The van der Waals surface area contributed by atoms with Crippen molar-refractivity contribution in [3.05, 3.63) is 58.8 Å². The van der Waals surface area contributed by atoms with Crippen molar-refractivity contribution in [2.75, 3.05) is 10.6 Å². The van der Waals surface area contributed by atoms with Crippen molar-refractivity contribution >= 4 is 45.5 Å². The minimum Gasteiger partial charge on any atom is -0.477 e. The maximum absolute atomic E-state index is 12.1. The predicted octanol–water partition coefficient (Wildman–Crippen LogP) is 4.24. The molecule has 0 aliphatic rings. The van der Waals surface area contributed by atoms with Crippen molar-refractivity contribution in [2.45, 2.75) is 0 Å². The van der Waals surface area contributed by atoms with Crippen molar-refractivity contribution in [1.82, 2.24) is 0 Å². The van der Waals surface area contributed by atoms with Gasteiger partial charge in [-0.25, -0.2) is 9.59 Å². The number of aromatic carboxylic acids is 1. The van der Waals surface area contributed by atoms with Crippen molar-refractivity contribution < 1.29 is 14.7 Å². The Hall–Kier alpha value is -2.86. The molecular weight excluding hydrogens is 300 g/mol. The van der Waals surface area contributed by atoms with Gasteiger partial charge in [0.25, 0.3) is 0 Å². The number of amides is 2.